The van der Waals surface area contributed by atoms with Crippen LogP contribution in [0.3, 0.4) is 0 Å². The lowest BCUT2D eigenvalue weighted by atomic mass is 10.1. The highest BCUT2D eigenvalue weighted by Crippen LogP contribution is 2.39. The average molecular weight is 456 g/mol. The Morgan fingerprint density at radius 1 is 1.16 bits per heavy atom. The minimum atomic E-state index is -0.898. The predicted molar refractivity (Wildman–Crippen MR) is 118 cm³/mol. The fourth-order valence-electron chi connectivity index (χ4n) is 3.09. The molecule has 1 aromatic heterocycles. The fourth-order valence-corrected chi connectivity index (χ4v) is 3.21. The van der Waals surface area contributed by atoms with Crippen LogP contribution in [0.25, 0.3) is 11.3 Å². The Hall–Kier alpha value is -3.70. The van der Waals surface area contributed by atoms with Crippen LogP contribution in [0.2, 0.25) is 5.02 Å². The van der Waals surface area contributed by atoms with Crippen LogP contribution in [0.5, 0.6) is 17.2 Å². The summed E-state index contributed by atoms with van der Waals surface area (Å²) in [7, 11) is 4.45. The number of aryl methyl sites for hydroxylation is 1. The molecule has 9 heteroatoms. The third kappa shape index (κ3) is 5.31. The van der Waals surface area contributed by atoms with Gasteiger partial charge in [-0.05, 0) is 42.0 Å². The van der Waals surface area contributed by atoms with Crippen molar-refractivity contribution in [2.75, 3.05) is 21.3 Å². The standard InChI is InChI=1S/C23H22ClN3O5/c1-29-18-10-15(11-19(30-2)23(18)31-3)17(12-25)27-21(28)8-9-22-26-13-20(32-22)14-4-6-16(24)7-5-14/h4-7,10-11,13,17H,8-9H2,1-3H3,(H,27,28). The SMILES string of the molecule is COc1cc(C(C#N)NC(=O)CCc2ncc(-c3ccc(Cl)cc3)o2)cc(OC)c1OC. The lowest BCUT2D eigenvalue weighted by Crippen LogP contribution is -2.27. The molecule has 8 nitrogen and oxygen atoms in total. The summed E-state index contributed by atoms with van der Waals surface area (Å²) in [6.45, 7) is 0. The van der Waals surface area contributed by atoms with E-state index < -0.39 is 6.04 Å². The molecule has 0 saturated heterocycles. The van der Waals surface area contributed by atoms with Gasteiger partial charge in [0.05, 0.1) is 33.6 Å². The number of nitriles is 1. The minimum absolute atomic E-state index is 0.100. The van der Waals surface area contributed by atoms with Crippen molar-refractivity contribution in [3.05, 3.63) is 59.1 Å². The van der Waals surface area contributed by atoms with Crippen molar-refractivity contribution < 1.29 is 23.4 Å². The topological polar surface area (TPSA) is 107 Å². The quantitative estimate of drug-likeness (QED) is 0.511. The molecule has 3 aromatic rings. The van der Waals surface area contributed by atoms with Crippen LogP contribution < -0.4 is 19.5 Å². The van der Waals surface area contributed by atoms with Crippen LogP contribution in [-0.2, 0) is 11.2 Å². The van der Waals surface area contributed by atoms with Gasteiger partial charge < -0.3 is 23.9 Å². The lowest BCUT2D eigenvalue weighted by Gasteiger charge is -2.17. The molecule has 32 heavy (non-hydrogen) atoms. The molecule has 0 fully saturated rings. The number of hydrogen-bond acceptors (Lipinski definition) is 7. The number of nitrogens with one attached hydrogen (secondary N) is 1. The highest BCUT2D eigenvalue weighted by Gasteiger charge is 2.20. The molecule has 166 valence electrons. The van der Waals surface area contributed by atoms with Crippen LogP contribution >= 0.6 is 11.6 Å². The molecule has 0 bridgehead atoms. The van der Waals surface area contributed by atoms with E-state index in [4.69, 9.17) is 30.2 Å². The second-order valence-corrected chi connectivity index (χ2v) is 7.15. The van der Waals surface area contributed by atoms with Crippen molar-refractivity contribution >= 4 is 17.5 Å². The molecule has 2 aromatic carbocycles. The van der Waals surface area contributed by atoms with Crippen molar-refractivity contribution in [2.24, 2.45) is 0 Å². The summed E-state index contributed by atoms with van der Waals surface area (Å²) in [6.07, 6.45) is 1.99. The van der Waals surface area contributed by atoms with Gasteiger partial charge in [-0.25, -0.2) is 4.98 Å². The predicted octanol–water partition coefficient (Wildman–Crippen LogP) is 4.33. The Kier molecular flexibility index (Phi) is 7.58. The number of rotatable bonds is 9. The van der Waals surface area contributed by atoms with E-state index in [0.29, 0.717) is 39.5 Å². The molecule has 0 aliphatic heterocycles. The van der Waals surface area contributed by atoms with Crippen molar-refractivity contribution in [3.8, 4) is 34.6 Å². The molecule has 1 unspecified atom stereocenters. The number of halogens is 1. The van der Waals surface area contributed by atoms with Crippen molar-refractivity contribution in [1.29, 1.82) is 5.26 Å². The molecular formula is C23H22ClN3O5. The smallest absolute Gasteiger partial charge is 0.221 e. The van der Waals surface area contributed by atoms with E-state index in [1.54, 1.807) is 30.5 Å². The van der Waals surface area contributed by atoms with Gasteiger partial charge >= 0.3 is 0 Å². The molecule has 1 amide bonds. The van der Waals surface area contributed by atoms with Gasteiger partial charge in [0.25, 0.3) is 0 Å². The van der Waals surface area contributed by atoms with Crippen molar-refractivity contribution in [1.82, 2.24) is 10.3 Å². The second kappa shape index (κ2) is 10.6. The van der Waals surface area contributed by atoms with E-state index in [9.17, 15) is 10.1 Å². The maximum atomic E-state index is 12.5. The number of methoxy groups -OCH3 is 3. The van der Waals surface area contributed by atoms with E-state index in [-0.39, 0.29) is 18.7 Å². The highest BCUT2D eigenvalue weighted by molar-refractivity contribution is 6.30. The van der Waals surface area contributed by atoms with E-state index in [1.807, 2.05) is 12.1 Å². The first-order valence-electron chi connectivity index (χ1n) is 9.68. The summed E-state index contributed by atoms with van der Waals surface area (Å²) < 4.78 is 21.6. The molecule has 0 aliphatic rings. The normalized spacial score (nSPS) is 11.3. The van der Waals surface area contributed by atoms with Gasteiger partial charge in [0.15, 0.2) is 23.1 Å². The molecule has 1 atom stereocenters. The molecule has 0 spiro atoms. The summed E-state index contributed by atoms with van der Waals surface area (Å²) in [6, 6.07) is 11.6. The molecule has 0 aliphatic carbocycles. The number of ether oxygens (including phenoxy) is 3. The first kappa shape index (κ1) is 23.0. The van der Waals surface area contributed by atoms with Crippen molar-refractivity contribution in [3.63, 3.8) is 0 Å². The molecular weight excluding hydrogens is 434 g/mol. The van der Waals surface area contributed by atoms with Gasteiger partial charge in [-0.1, -0.05) is 11.6 Å². The van der Waals surface area contributed by atoms with Gasteiger partial charge in [-0.2, -0.15) is 5.26 Å². The third-order valence-corrected chi connectivity index (χ3v) is 4.96. The number of amides is 1. The first-order valence-corrected chi connectivity index (χ1v) is 10.1. The Labute approximate surface area is 190 Å². The summed E-state index contributed by atoms with van der Waals surface area (Å²) in [4.78, 5) is 16.7. The summed E-state index contributed by atoms with van der Waals surface area (Å²) in [5, 5.41) is 12.9. The Bertz CT molecular complexity index is 1100. The number of aromatic nitrogens is 1. The maximum Gasteiger partial charge on any atom is 0.221 e. The van der Waals surface area contributed by atoms with E-state index in [1.165, 1.54) is 21.3 Å². The molecule has 1 heterocycles. The lowest BCUT2D eigenvalue weighted by molar-refractivity contribution is -0.121. The number of oxazole rings is 1. The number of benzene rings is 2. The number of carbonyl (C=O) groups excluding carboxylic acids is 1. The first-order chi connectivity index (χ1) is 15.5. The summed E-state index contributed by atoms with van der Waals surface area (Å²) >= 11 is 5.90. The van der Waals surface area contributed by atoms with Crippen LogP contribution in [0.1, 0.15) is 23.9 Å². The van der Waals surface area contributed by atoms with Gasteiger partial charge in [-0.15, -0.1) is 0 Å². The Balaban J connectivity index is 1.65. The number of carbonyl (C=O) groups is 1. The zero-order valence-corrected chi connectivity index (χ0v) is 18.6. The average Bonchev–Trinajstić information content (AvgIpc) is 3.29. The maximum absolute atomic E-state index is 12.5. The van der Waals surface area contributed by atoms with Crippen LogP contribution in [0, 0.1) is 11.3 Å². The van der Waals surface area contributed by atoms with Gasteiger partial charge in [0.2, 0.25) is 11.7 Å². The molecule has 1 N–H and O–H groups in total. The zero-order chi connectivity index (χ0) is 23.1. The van der Waals surface area contributed by atoms with E-state index >= 15 is 0 Å². The molecule has 0 saturated carbocycles. The fraction of sp³-hybridized carbons (Fsp3) is 0.261. The largest absolute Gasteiger partial charge is 0.493 e. The van der Waals surface area contributed by atoms with E-state index in [0.717, 1.165) is 5.56 Å². The van der Waals surface area contributed by atoms with Gasteiger partial charge in [0.1, 0.15) is 6.04 Å². The van der Waals surface area contributed by atoms with Crippen LogP contribution in [0.4, 0.5) is 0 Å². The summed E-state index contributed by atoms with van der Waals surface area (Å²) in [5.74, 6) is 1.88. The van der Waals surface area contributed by atoms with Crippen LogP contribution in [-0.4, -0.2) is 32.2 Å². The minimum Gasteiger partial charge on any atom is -0.493 e. The Morgan fingerprint density at radius 3 is 2.38 bits per heavy atom. The molecule has 3 rings (SSSR count). The monoisotopic (exact) mass is 455 g/mol. The summed E-state index contributed by atoms with van der Waals surface area (Å²) in [5.41, 5.74) is 1.35. The number of hydrogen-bond donors (Lipinski definition) is 1. The van der Waals surface area contributed by atoms with Crippen molar-refractivity contribution in [2.45, 2.75) is 18.9 Å². The number of nitrogens with zero attached hydrogens (tertiary/aromatic N) is 2. The zero-order valence-electron chi connectivity index (χ0n) is 17.8. The molecule has 0 radical (unpaired) electrons. The van der Waals surface area contributed by atoms with E-state index in [2.05, 4.69) is 16.4 Å². The van der Waals surface area contributed by atoms with Gasteiger partial charge in [0, 0.05) is 23.4 Å². The Morgan fingerprint density at radius 2 is 1.81 bits per heavy atom. The highest BCUT2D eigenvalue weighted by atomic mass is 35.5. The third-order valence-electron chi connectivity index (χ3n) is 4.70. The van der Waals surface area contributed by atoms with Crippen LogP contribution in [0.15, 0.2) is 47.0 Å². The second-order valence-electron chi connectivity index (χ2n) is 6.71. The van der Waals surface area contributed by atoms with Gasteiger partial charge in [-0.3, -0.25) is 4.79 Å².